The lowest BCUT2D eigenvalue weighted by atomic mass is 10.1. The van der Waals surface area contributed by atoms with Gasteiger partial charge in [0.25, 0.3) is 5.91 Å². The third-order valence-corrected chi connectivity index (χ3v) is 4.33. The maximum absolute atomic E-state index is 12.8. The van der Waals surface area contributed by atoms with Gasteiger partial charge in [-0.05, 0) is 48.9 Å². The first-order chi connectivity index (χ1) is 12.6. The van der Waals surface area contributed by atoms with Crippen LogP contribution in [0.5, 0.6) is 5.75 Å². The Hall–Kier alpha value is -2.60. The molecule has 1 fully saturated rings. The van der Waals surface area contributed by atoms with Crippen LogP contribution in [0.3, 0.4) is 0 Å². The molecule has 0 unspecified atom stereocenters. The van der Waals surface area contributed by atoms with Crippen molar-refractivity contribution in [2.75, 3.05) is 37.8 Å². The van der Waals surface area contributed by atoms with Gasteiger partial charge in [0.1, 0.15) is 11.6 Å². The van der Waals surface area contributed by atoms with E-state index in [2.05, 4.69) is 22.3 Å². The molecule has 1 heterocycles. The molecule has 0 bridgehead atoms. The highest BCUT2D eigenvalue weighted by Gasteiger charge is 2.13. The Kier molecular flexibility index (Phi) is 6.07. The molecule has 1 atom stereocenters. The van der Waals surface area contributed by atoms with Crippen LogP contribution in [0.1, 0.15) is 18.5 Å². The monoisotopic (exact) mass is 358 g/mol. The topological polar surface area (TPSA) is 50.8 Å². The minimum atomic E-state index is -0.337. The van der Waals surface area contributed by atoms with E-state index in [9.17, 15) is 9.18 Å². The average Bonchev–Trinajstić information content (AvgIpc) is 2.68. The molecular weight excluding hydrogens is 335 g/mol. The molecule has 1 aliphatic rings. The maximum Gasteiger partial charge on any atom is 0.258 e. The second-order valence-corrected chi connectivity index (χ2v) is 6.22. The van der Waals surface area contributed by atoms with Gasteiger partial charge in [-0.3, -0.25) is 4.79 Å². The Morgan fingerprint density at radius 2 is 1.81 bits per heavy atom. The number of rotatable bonds is 6. The SMILES string of the molecule is C[C@@H](NC(=O)COc1ccc(F)cc1)c1ccc(N2CCOCC2)cc1. The number of nitrogens with one attached hydrogen (secondary N) is 1. The standard InChI is InChI=1S/C20H23FN2O3/c1-15(22-20(24)14-26-19-8-4-17(21)5-9-19)16-2-6-18(7-3-16)23-10-12-25-13-11-23/h2-9,15H,10-14H2,1H3,(H,22,24)/t15-/m1/s1. The van der Waals surface area contributed by atoms with Crippen LogP contribution >= 0.6 is 0 Å². The van der Waals surface area contributed by atoms with Crippen molar-refractivity contribution in [2.45, 2.75) is 13.0 Å². The van der Waals surface area contributed by atoms with Gasteiger partial charge in [-0.25, -0.2) is 4.39 Å². The van der Waals surface area contributed by atoms with Crippen molar-refractivity contribution in [3.63, 3.8) is 0 Å². The van der Waals surface area contributed by atoms with E-state index in [0.717, 1.165) is 37.6 Å². The van der Waals surface area contributed by atoms with E-state index in [4.69, 9.17) is 9.47 Å². The molecule has 5 nitrogen and oxygen atoms in total. The van der Waals surface area contributed by atoms with Crippen molar-refractivity contribution in [3.8, 4) is 5.75 Å². The summed E-state index contributed by atoms with van der Waals surface area (Å²) in [4.78, 5) is 14.3. The summed E-state index contributed by atoms with van der Waals surface area (Å²) in [5, 5.41) is 2.91. The summed E-state index contributed by atoms with van der Waals surface area (Å²) in [5.74, 6) is -0.0981. The number of amides is 1. The largest absolute Gasteiger partial charge is 0.484 e. The highest BCUT2D eigenvalue weighted by atomic mass is 19.1. The number of carbonyl (C=O) groups is 1. The molecule has 2 aromatic carbocycles. The number of hydrogen-bond acceptors (Lipinski definition) is 4. The lowest BCUT2D eigenvalue weighted by Gasteiger charge is -2.29. The lowest BCUT2D eigenvalue weighted by Crippen LogP contribution is -2.36. The Morgan fingerprint density at radius 3 is 2.46 bits per heavy atom. The molecule has 1 amide bonds. The van der Waals surface area contributed by atoms with Crippen LogP contribution in [0.2, 0.25) is 0 Å². The summed E-state index contributed by atoms with van der Waals surface area (Å²) in [6.45, 7) is 5.12. The first-order valence-electron chi connectivity index (χ1n) is 8.72. The summed E-state index contributed by atoms with van der Waals surface area (Å²) in [7, 11) is 0. The third kappa shape index (κ3) is 4.95. The zero-order valence-corrected chi connectivity index (χ0v) is 14.8. The number of nitrogens with zero attached hydrogens (tertiary/aromatic N) is 1. The van der Waals surface area contributed by atoms with Crippen LogP contribution in [-0.2, 0) is 9.53 Å². The summed E-state index contributed by atoms with van der Waals surface area (Å²) < 4.78 is 23.6. The van der Waals surface area contributed by atoms with Gasteiger partial charge in [-0.15, -0.1) is 0 Å². The van der Waals surface area contributed by atoms with E-state index in [1.165, 1.54) is 24.3 Å². The van der Waals surface area contributed by atoms with E-state index in [1.54, 1.807) is 0 Å². The molecule has 0 radical (unpaired) electrons. The fraction of sp³-hybridized carbons (Fsp3) is 0.350. The minimum Gasteiger partial charge on any atom is -0.484 e. The van der Waals surface area contributed by atoms with Crippen molar-refractivity contribution in [2.24, 2.45) is 0 Å². The van der Waals surface area contributed by atoms with Crippen molar-refractivity contribution in [3.05, 3.63) is 59.9 Å². The Labute approximate surface area is 152 Å². The average molecular weight is 358 g/mol. The smallest absolute Gasteiger partial charge is 0.258 e. The van der Waals surface area contributed by atoms with E-state index >= 15 is 0 Å². The first kappa shape index (κ1) is 18.2. The Balaban J connectivity index is 1.49. The molecule has 1 N–H and O–H groups in total. The molecule has 1 saturated heterocycles. The molecule has 0 aliphatic carbocycles. The van der Waals surface area contributed by atoms with Gasteiger partial charge in [0, 0.05) is 18.8 Å². The summed E-state index contributed by atoms with van der Waals surface area (Å²) in [5.41, 5.74) is 2.19. The fourth-order valence-electron chi connectivity index (χ4n) is 2.84. The summed E-state index contributed by atoms with van der Waals surface area (Å²) in [6.07, 6.45) is 0. The molecule has 0 spiro atoms. The quantitative estimate of drug-likeness (QED) is 0.863. The highest BCUT2D eigenvalue weighted by Crippen LogP contribution is 2.20. The van der Waals surface area contributed by atoms with E-state index in [-0.39, 0.29) is 24.4 Å². The van der Waals surface area contributed by atoms with E-state index < -0.39 is 0 Å². The number of halogens is 1. The van der Waals surface area contributed by atoms with E-state index in [1.807, 2.05) is 19.1 Å². The second kappa shape index (κ2) is 8.67. The van der Waals surface area contributed by atoms with Crippen molar-refractivity contribution >= 4 is 11.6 Å². The lowest BCUT2D eigenvalue weighted by molar-refractivity contribution is -0.123. The molecule has 3 rings (SSSR count). The van der Waals surface area contributed by atoms with Crippen molar-refractivity contribution < 1.29 is 18.7 Å². The zero-order valence-electron chi connectivity index (χ0n) is 14.8. The van der Waals surface area contributed by atoms with Crippen molar-refractivity contribution in [1.82, 2.24) is 5.32 Å². The van der Waals surface area contributed by atoms with Gasteiger partial charge in [0.2, 0.25) is 0 Å². The number of carbonyl (C=O) groups excluding carboxylic acids is 1. The Morgan fingerprint density at radius 1 is 1.15 bits per heavy atom. The molecule has 1 aliphatic heterocycles. The zero-order chi connectivity index (χ0) is 18.4. The summed E-state index contributed by atoms with van der Waals surface area (Å²) in [6, 6.07) is 13.6. The van der Waals surface area contributed by atoms with Crippen LogP contribution in [0.25, 0.3) is 0 Å². The molecule has 0 saturated carbocycles. The molecular formula is C20H23FN2O3. The number of benzene rings is 2. The number of morpholine rings is 1. The van der Waals surface area contributed by atoms with Gasteiger partial charge in [0.15, 0.2) is 6.61 Å². The van der Waals surface area contributed by atoms with Gasteiger partial charge in [-0.1, -0.05) is 12.1 Å². The molecule has 2 aromatic rings. The fourth-order valence-corrected chi connectivity index (χ4v) is 2.84. The normalized spacial score (nSPS) is 15.4. The molecule has 138 valence electrons. The van der Waals surface area contributed by atoms with Crippen molar-refractivity contribution in [1.29, 1.82) is 0 Å². The molecule has 26 heavy (non-hydrogen) atoms. The Bertz CT molecular complexity index is 713. The van der Waals surface area contributed by atoms with Crippen LogP contribution < -0.4 is 15.0 Å². The number of ether oxygens (including phenoxy) is 2. The number of anilines is 1. The van der Waals surface area contributed by atoms with Gasteiger partial charge in [-0.2, -0.15) is 0 Å². The van der Waals surface area contributed by atoms with Crippen LogP contribution in [0.4, 0.5) is 10.1 Å². The number of hydrogen-bond donors (Lipinski definition) is 1. The molecule has 6 heteroatoms. The van der Waals surface area contributed by atoms with Crippen LogP contribution in [0, 0.1) is 5.82 Å². The minimum absolute atomic E-state index is 0.109. The second-order valence-electron chi connectivity index (χ2n) is 6.22. The third-order valence-electron chi connectivity index (χ3n) is 4.33. The van der Waals surface area contributed by atoms with Gasteiger partial charge < -0.3 is 19.7 Å². The van der Waals surface area contributed by atoms with Crippen LogP contribution in [0.15, 0.2) is 48.5 Å². The predicted octanol–water partition coefficient (Wildman–Crippen LogP) is 2.92. The summed E-state index contributed by atoms with van der Waals surface area (Å²) >= 11 is 0. The maximum atomic E-state index is 12.8. The van der Waals surface area contributed by atoms with E-state index in [0.29, 0.717) is 5.75 Å². The van der Waals surface area contributed by atoms with Crippen LogP contribution in [-0.4, -0.2) is 38.8 Å². The first-order valence-corrected chi connectivity index (χ1v) is 8.72. The highest BCUT2D eigenvalue weighted by molar-refractivity contribution is 5.78. The predicted molar refractivity (Wildman–Crippen MR) is 97.9 cm³/mol. The molecule has 0 aromatic heterocycles. The van der Waals surface area contributed by atoms with Gasteiger partial charge >= 0.3 is 0 Å². The van der Waals surface area contributed by atoms with Gasteiger partial charge in [0.05, 0.1) is 19.3 Å².